The summed E-state index contributed by atoms with van der Waals surface area (Å²) in [7, 11) is -3.61. The summed E-state index contributed by atoms with van der Waals surface area (Å²) in [6, 6.07) is 6.31. The maximum atomic E-state index is 13.1. The van der Waals surface area contributed by atoms with Crippen molar-refractivity contribution in [2.24, 2.45) is 29.1 Å². The van der Waals surface area contributed by atoms with E-state index in [0.29, 0.717) is 50.0 Å². The highest BCUT2D eigenvalue weighted by molar-refractivity contribution is 7.89. The molecule has 0 radical (unpaired) electrons. The molecule has 6 rings (SSSR count). The lowest BCUT2D eigenvalue weighted by Crippen LogP contribution is -2.47. The average Bonchev–Trinajstić information content (AvgIpc) is 2.86. The molecule has 0 spiro atoms. The number of carbonyl (C=O) groups excluding carboxylic acids is 2. The van der Waals surface area contributed by atoms with E-state index in [-0.39, 0.29) is 22.6 Å². The molecule has 1 aromatic carbocycles. The van der Waals surface area contributed by atoms with Crippen molar-refractivity contribution >= 4 is 21.8 Å². The summed E-state index contributed by atoms with van der Waals surface area (Å²) < 4.78 is 27.7. The van der Waals surface area contributed by atoms with Gasteiger partial charge in [0.1, 0.15) is 0 Å². The van der Waals surface area contributed by atoms with Crippen molar-refractivity contribution in [3.8, 4) is 0 Å². The molecule has 36 heavy (non-hydrogen) atoms. The lowest BCUT2D eigenvalue weighted by Gasteiger charge is -2.57. The molecule has 2 amide bonds. The van der Waals surface area contributed by atoms with Gasteiger partial charge in [-0.15, -0.1) is 0 Å². The quantitative estimate of drug-likeness (QED) is 0.492. The molecule has 1 aromatic rings. The summed E-state index contributed by atoms with van der Waals surface area (Å²) in [5.41, 5.74) is 0.932. The van der Waals surface area contributed by atoms with Gasteiger partial charge in [-0.3, -0.25) is 9.59 Å². The van der Waals surface area contributed by atoms with Crippen LogP contribution in [0.5, 0.6) is 0 Å². The lowest BCUT2D eigenvalue weighted by molar-refractivity contribution is -0.116. The number of nitrogens with one attached hydrogen (secondary N) is 2. The van der Waals surface area contributed by atoms with E-state index < -0.39 is 10.0 Å². The number of hydrogen-bond donors (Lipinski definition) is 2. The second kappa shape index (κ2) is 10.3. The maximum Gasteiger partial charge on any atom is 0.251 e. The first-order valence-corrected chi connectivity index (χ1v) is 15.0. The first-order valence-electron chi connectivity index (χ1n) is 13.5. The number of hydrogen-bond acceptors (Lipinski definition) is 4. The zero-order valence-corrected chi connectivity index (χ0v) is 21.9. The molecule has 7 nitrogen and oxygen atoms in total. The number of amides is 2. The van der Waals surface area contributed by atoms with Gasteiger partial charge in [0.2, 0.25) is 15.9 Å². The summed E-state index contributed by atoms with van der Waals surface area (Å²) in [6.45, 7) is 5.50. The van der Waals surface area contributed by atoms with Crippen molar-refractivity contribution in [2.75, 3.05) is 26.2 Å². The molecule has 4 saturated carbocycles. The van der Waals surface area contributed by atoms with Gasteiger partial charge in [0, 0.05) is 31.7 Å². The standard InChI is InChI=1S/C28H39N3O4S/c1-2-26(32)30-19-20-7-11-31(12-8-20)36(34,35)25-5-3-24(4-6-25)27(33)29-10-9-28-16-21-13-22(17-28)15-23(14-21)18-28/h2-6,20-23H,1,7-19H2,(H,29,33)(H,30,32). The van der Waals surface area contributed by atoms with Gasteiger partial charge in [-0.05, 0) is 117 Å². The summed E-state index contributed by atoms with van der Waals surface area (Å²) in [4.78, 5) is 24.3. The van der Waals surface area contributed by atoms with Crippen LogP contribution in [0.15, 0.2) is 41.8 Å². The molecule has 5 aliphatic rings. The van der Waals surface area contributed by atoms with E-state index in [2.05, 4.69) is 17.2 Å². The molecular formula is C28H39N3O4S. The topological polar surface area (TPSA) is 95.6 Å². The fraction of sp³-hybridized carbons (Fsp3) is 0.643. The number of carbonyl (C=O) groups is 2. The Bertz CT molecular complexity index is 1060. The van der Waals surface area contributed by atoms with E-state index in [1.807, 2.05) is 0 Å². The Morgan fingerprint density at radius 3 is 2.11 bits per heavy atom. The van der Waals surface area contributed by atoms with Crippen LogP contribution in [-0.4, -0.2) is 50.7 Å². The van der Waals surface area contributed by atoms with Crippen molar-refractivity contribution in [1.29, 1.82) is 0 Å². The number of rotatable bonds is 9. The van der Waals surface area contributed by atoms with E-state index >= 15 is 0 Å². The lowest BCUT2D eigenvalue weighted by atomic mass is 9.49. The monoisotopic (exact) mass is 513 g/mol. The molecular weight excluding hydrogens is 474 g/mol. The first kappa shape index (κ1) is 25.5. The van der Waals surface area contributed by atoms with Crippen molar-refractivity contribution < 1.29 is 18.0 Å². The van der Waals surface area contributed by atoms with Gasteiger partial charge in [-0.25, -0.2) is 8.42 Å². The molecule has 0 unspecified atom stereocenters. The Kier molecular flexibility index (Phi) is 7.27. The van der Waals surface area contributed by atoms with Gasteiger partial charge in [-0.2, -0.15) is 4.31 Å². The predicted molar refractivity (Wildman–Crippen MR) is 139 cm³/mol. The van der Waals surface area contributed by atoms with E-state index in [4.69, 9.17) is 0 Å². The summed E-state index contributed by atoms with van der Waals surface area (Å²) in [5.74, 6) is 2.64. The molecule has 5 fully saturated rings. The van der Waals surface area contributed by atoms with Crippen molar-refractivity contribution in [1.82, 2.24) is 14.9 Å². The largest absolute Gasteiger partial charge is 0.352 e. The minimum atomic E-state index is -3.61. The first-order chi connectivity index (χ1) is 17.3. The van der Waals surface area contributed by atoms with Crippen LogP contribution >= 0.6 is 0 Å². The van der Waals surface area contributed by atoms with Crippen molar-refractivity contribution in [2.45, 2.75) is 62.7 Å². The molecule has 4 bridgehead atoms. The smallest absolute Gasteiger partial charge is 0.251 e. The van der Waals surface area contributed by atoms with Crippen LogP contribution in [0.25, 0.3) is 0 Å². The molecule has 0 aromatic heterocycles. The Morgan fingerprint density at radius 2 is 1.56 bits per heavy atom. The Labute approximate surface area is 215 Å². The molecule has 1 saturated heterocycles. The third kappa shape index (κ3) is 5.40. The fourth-order valence-electron chi connectivity index (χ4n) is 7.74. The molecule has 4 aliphatic carbocycles. The van der Waals surface area contributed by atoms with E-state index in [9.17, 15) is 18.0 Å². The summed E-state index contributed by atoms with van der Waals surface area (Å²) in [5, 5.41) is 5.88. The van der Waals surface area contributed by atoms with Crippen LogP contribution in [-0.2, 0) is 14.8 Å². The van der Waals surface area contributed by atoms with Crippen LogP contribution in [0.4, 0.5) is 0 Å². The second-order valence-corrected chi connectivity index (χ2v) is 13.7. The average molecular weight is 514 g/mol. The normalized spacial score (nSPS) is 30.2. The minimum Gasteiger partial charge on any atom is -0.352 e. The molecule has 2 N–H and O–H groups in total. The Morgan fingerprint density at radius 1 is 0.972 bits per heavy atom. The minimum absolute atomic E-state index is 0.133. The maximum absolute atomic E-state index is 13.1. The van der Waals surface area contributed by atoms with Gasteiger partial charge in [-0.1, -0.05) is 6.58 Å². The Hall–Kier alpha value is -2.19. The van der Waals surface area contributed by atoms with Gasteiger partial charge in [0.25, 0.3) is 5.91 Å². The zero-order chi connectivity index (χ0) is 25.3. The van der Waals surface area contributed by atoms with E-state index in [1.54, 1.807) is 24.3 Å². The van der Waals surface area contributed by atoms with Crippen molar-refractivity contribution in [3.63, 3.8) is 0 Å². The SMILES string of the molecule is C=CC(=O)NCC1CCN(S(=O)(=O)c2ccc(C(=O)NCCC34CC5CC(CC(C5)C3)C4)cc2)CC1. The number of sulfonamides is 1. The number of nitrogens with zero attached hydrogens (tertiary/aromatic N) is 1. The van der Waals surface area contributed by atoms with E-state index in [1.165, 1.54) is 48.9 Å². The Balaban J connectivity index is 1.11. The van der Waals surface area contributed by atoms with Gasteiger partial charge < -0.3 is 10.6 Å². The van der Waals surface area contributed by atoms with Gasteiger partial charge in [0.15, 0.2) is 0 Å². The third-order valence-corrected chi connectivity index (χ3v) is 11.1. The summed E-state index contributed by atoms with van der Waals surface area (Å²) >= 11 is 0. The molecule has 8 heteroatoms. The number of piperidine rings is 1. The van der Waals surface area contributed by atoms with Crippen LogP contribution < -0.4 is 10.6 Å². The predicted octanol–water partition coefficient (Wildman–Crippen LogP) is 3.73. The van der Waals surface area contributed by atoms with Gasteiger partial charge >= 0.3 is 0 Å². The highest BCUT2D eigenvalue weighted by Gasteiger charge is 2.50. The fourth-order valence-corrected chi connectivity index (χ4v) is 9.21. The highest BCUT2D eigenvalue weighted by Crippen LogP contribution is 2.61. The van der Waals surface area contributed by atoms with Crippen LogP contribution in [0.3, 0.4) is 0 Å². The van der Waals surface area contributed by atoms with E-state index in [0.717, 1.165) is 24.2 Å². The molecule has 1 heterocycles. The van der Waals surface area contributed by atoms with Crippen LogP contribution in [0.1, 0.15) is 68.1 Å². The van der Waals surface area contributed by atoms with Gasteiger partial charge in [0.05, 0.1) is 4.90 Å². The van der Waals surface area contributed by atoms with Crippen molar-refractivity contribution in [3.05, 3.63) is 42.5 Å². The number of benzene rings is 1. The molecule has 1 aliphatic heterocycles. The molecule has 0 atom stereocenters. The van der Waals surface area contributed by atoms with Crippen LogP contribution in [0, 0.1) is 29.1 Å². The highest BCUT2D eigenvalue weighted by atomic mass is 32.2. The zero-order valence-electron chi connectivity index (χ0n) is 21.1. The third-order valence-electron chi connectivity index (χ3n) is 9.18. The van der Waals surface area contributed by atoms with Crippen LogP contribution in [0.2, 0.25) is 0 Å². The second-order valence-electron chi connectivity index (χ2n) is 11.7. The molecule has 196 valence electrons. The summed E-state index contributed by atoms with van der Waals surface area (Å²) in [6.07, 6.45) is 12.0.